The summed E-state index contributed by atoms with van der Waals surface area (Å²) in [5.74, 6) is -1.59. The minimum atomic E-state index is -1.29. The number of halogens is 3. The molecular formula is C23H28F3N5O2Si. The SMILES string of the molecule is C[Si](C)(C)CCOCn1nc(N2C[C@@H](F)C[C@@H]2c2cc(F)ccc2F)c2cc(C(N)=O)cnc21. The lowest BCUT2D eigenvalue weighted by Gasteiger charge is -2.25. The van der Waals surface area contributed by atoms with Crippen molar-refractivity contribution in [2.24, 2.45) is 5.73 Å². The lowest BCUT2D eigenvalue weighted by atomic mass is 10.0. The summed E-state index contributed by atoms with van der Waals surface area (Å²) < 4.78 is 50.5. The normalized spacial score (nSPS) is 18.7. The fraction of sp³-hybridized carbons (Fsp3) is 0.435. The standard InChI is InChI=1S/C23H28F3N5O2Si/c1-34(2,3)7-6-33-13-31-22-18(8-14(11-28-22)21(27)32)23(29-31)30-12-16(25)10-20(30)17-9-15(24)4-5-19(17)26/h4-5,8-9,11,16,20H,6-7,10,12-13H2,1-3H3,(H2,27,32)/t16-,20+/m0/s1. The number of amides is 1. The van der Waals surface area contributed by atoms with Crippen LogP contribution in [0.5, 0.6) is 0 Å². The van der Waals surface area contributed by atoms with E-state index in [1.165, 1.54) is 16.9 Å². The summed E-state index contributed by atoms with van der Waals surface area (Å²) in [6, 6.07) is 4.87. The number of alkyl halides is 1. The zero-order valence-electron chi connectivity index (χ0n) is 19.4. The van der Waals surface area contributed by atoms with E-state index in [-0.39, 0.29) is 30.8 Å². The Morgan fingerprint density at radius 1 is 1.26 bits per heavy atom. The van der Waals surface area contributed by atoms with E-state index in [1.807, 2.05) is 0 Å². The summed E-state index contributed by atoms with van der Waals surface area (Å²) in [5, 5.41) is 5.06. The molecule has 2 N–H and O–H groups in total. The minimum Gasteiger partial charge on any atom is -0.366 e. The number of fused-ring (bicyclic) bond motifs is 1. The molecule has 182 valence electrons. The Bertz CT molecular complexity index is 1210. The minimum absolute atomic E-state index is 0.0234. The Morgan fingerprint density at radius 3 is 2.74 bits per heavy atom. The molecule has 3 heterocycles. The smallest absolute Gasteiger partial charge is 0.250 e. The molecular weight excluding hydrogens is 463 g/mol. The molecule has 2 atom stereocenters. The van der Waals surface area contributed by atoms with Gasteiger partial charge in [-0.3, -0.25) is 4.79 Å². The number of pyridine rings is 1. The number of nitrogens with two attached hydrogens (primary N) is 1. The van der Waals surface area contributed by atoms with Gasteiger partial charge >= 0.3 is 0 Å². The molecule has 1 aromatic carbocycles. The van der Waals surface area contributed by atoms with E-state index in [9.17, 15) is 18.0 Å². The molecule has 1 aliphatic heterocycles. The lowest BCUT2D eigenvalue weighted by Crippen LogP contribution is -2.25. The van der Waals surface area contributed by atoms with Gasteiger partial charge in [0.2, 0.25) is 5.91 Å². The Hall–Kier alpha value is -2.92. The lowest BCUT2D eigenvalue weighted by molar-refractivity contribution is 0.0814. The highest BCUT2D eigenvalue weighted by atomic mass is 28.3. The summed E-state index contributed by atoms with van der Waals surface area (Å²) >= 11 is 0. The van der Waals surface area contributed by atoms with Gasteiger partial charge in [0.25, 0.3) is 0 Å². The monoisotopic (exact) mass is 491 g/mol. The first-order valence-corrected chi connectivity index (χ1v) is 14.8. The maximum Gasteiger partial charge on any atom is 0.250 e. The number of aromatic nitrogens is 3. The summed E-state index contributed by atoms with van der Waals surface area (Å²) in [4.78, 5) is 17.7. The van der Waals surface area contributed by atoms with Gasteiger partial charge in [0, 0.05) is 32.9 Å². The molecule has 3 aromatic rings. The van der Waals surface area contributed by atoms with Gasteiger partial charge in [0.1, 0.15) is 24.5 Å². The van der Waals surface area contributed by atoms with Crippen LogP contribution in [-0.2, 0) is 11.5 Å². The van der Waals surface area contributed by atoms with E-state index in [0.717, 1.165) is 24.2 Å². The number of rotatable bonds is 8. The van der Waals surface area contributed by atoms with Crippen molar-refractivity contribution in [3.8, 4) is 0 Å². The van der Waals surface area contributed by atoms with Crippen molar-refractivity contribution in [2.75, 3.05) is 18.1 Å². The zero-order valence-corrected chi connectivity index (χ0v) is 20.4. The molecule has 7 nitrogen and oxygen atoms in total. The molecule has 0 radical (unpaired) electrons. The topological polar surface area (TPSA) is 86.3 Å². The molecule has 2 aromatic heterocycles. The molecule has 34 heavy (non-hydrogen) atoms. The summed E-state index contributed by atoms with van der Waals surface area (Å²) in [5.41, 5.74) is 6.08. The molecule has 4 rings (SSSR count). The fourth-order valence-electron chi connectivity index (χ4n) is 4.09. The number of benzene rings is 1. The van der Waals surface area contributed by atoms with Crippen LogP contribution in [0.3, 0.4) is 0 Å². The van der Waals surface area contributed by atoms with Crippen LogP contribution in [0.15, 0.2) is 30.5 Å². The number of hydrogen-bond acceptors (Lipinski definition) is 5. The van der Waals surface area contributed by atoms with E-state index >= 15 is 0 Å². The number of primary amides is 1. The van der Waals surface area contributed by atoms with Crippen molar-refractivity contribution >= 4 is 30.8 Å². The predicted octanol–water partition coefficient (Wildman–Crippen LogP) is 4.41. The van der Waals surface area contributed by atoms with Crippen molar-refractivity contribution in [3.63, 3.8) is 0 Å². The number of carbonyl (C=O) groups excluding carboxylic acids is 1. The van der Waals surface area contributed by atoms with Gasteiger partial charge in [0.15, 0.2) is 11.5 Å². The molecule has 0 aliphatic carbocycles. The molecule has 0 unspecified atom stereocenters. The number of nitrogens with zero attached hydrogens (tertiary/aromatic N) is 4. The van der Waals surface area contributed by atoms with E-state index in [2.05, 4.69) is 29.7 Å². The maximum atomic E-state index is 14.6. The highest BCUT2D eigenvalue weighted by Gasteiger charge is 2.37. The van der Waals surface area contributed by atoms with Crippen molar-refractivity contribution < 1.29 is 22.7 Å². The van der Waals surface area contributed by atoms with Crippen molar-refractivity contribution in [1.29, 1.82) is 0 Å². The van der Waals surface area contributed by atoms with Crippen molar-refractivity contribution in [3.05, 3.63) is 53.2 Å². The third kappa shape index (κ3) is 5.09. The second-order valence-corrected chi connectivity index (χ2v) is 15.4. The first kappa shape index (κ1) is 24.2. The number of ether oxygens (including phenoxy) is 1. The van der Waals surface area contributed by atoms with Crippen LogP contribution >= 0.6 is 0 Å². The first-order chi connectivity index (χ1) is 16.0. The second-order valence-electron chi connectivity index (χ2n) is 9.80. The Morgan fingerprint density at radius 2 is 2.03 bits per heavy atom. The molecule has 11 heteroatoms. The molecule has 1 fully saturated rings. The molecule has 0 bridgehead atoms. The molecule has 0 spiro atoms. The Balaban J connectivity index is 1.74. The zero-order chi connectivity index (χ0) is 24.6. The highest BCUT2D eigenvalue weighted by Crippen LogP contribution is 2.40. The maximum absolute atomic E-state index is 14.6. The fourth-order valence-corrected chi connectivity index (χ4v) is 4.85. The predicted molar refractivity (Wildman–Crippen MR) is 126 cm³/mol. The second kappa shape index (κ2) is 9.38. The van der Waals surface area contributed by atoms with Gasteiger partial charge in [-0.15, -0.1) is 0 Å². The third-order valence-corrected chi connectivity index (χ3v) is 7.61. The average molecular weight is 492 g/mol. The van der Waals surface area contributed by atoms with Gasteiger partial charge in [-0.25, -0.2) is 22.8 Å². The van der Waals surface area contributed by atoms with Crippen molar-refractivity contribution in [2.45, 2.75) is 51.1 Å². The number of hydrogen-bond donors (Lipinski definition) is 1. The summed E-state index contributed by atoms with van der Waals surface area (Å²) in [6.07, 6.45) is 0.0539. The summed E-state index contributed by atoms with van der Waals surface area (Å²) in [7, 11) is -1.29. The third-order valence-electron chi connectivity index (χ3n) is 5.90. The average Bonchev–Trinajstić information content (AvgIpc) is 3.32. The van der Waals surface area contributed by atoms with Crippen LogP contribution in [0.4, 0.5) is 19.0 Å². The van der Waals surface area contributed by atoms with E-state index in [1.54, 1.807) is 4.90 Å². The Labute approximate surface area is 196 Å². The molecule has 1 saturated heterocycles. The van der Waals surface area contributed by atoms with Gasteiger partial charge < -0.3 is 15.4 Å². The largest absolute Gasteiger partial charge is 0.366 e. The molecule has 0 saturated carbocycles. The van der Waals surface area contributed by atoms with Crippen LogP contribution < -0.4 is 10.6 Å². The van der Waals surface area contributed by atoms with Gasteiger partial charge in [0.05, 0.1) is 23.5 Å². The van der Waals surface area contributed by atoms with E-state index < -0.39 is 37.8 Å². The number of carbonyl (C=O) groups is 1. The van der Waals surface area contributed by atoms with Crippen LogP contribution in [0.25, 0.3) is 11.0 Å². The quantitative estimate of drug-likeness (QED) is 0.373. The van der Waals surface area contributed by atoms with Crippen molar-refractivity contribution in [1.82, 2.24) is 14.8 Å². The Kier molecular flexibility index (Phi) is 6.68. The molecule has 1 amide bonds. The molecule has 1 aliphatic rings. The highest BCUT2D eigenvalue weighted by molar-refractivity contribution is 6.76. The number of anilines is 1. The van der Waals surface area contributed by atoms with Gasteiger partial charge in [-0.1, -0.05) is 19.6 Å². The van der Waals surface area contributed by atoms with Crippen LogP contribution in [-0.4, -0.2) is 48.1 Å². The van der Waals surface area contributed by atoms with E-state index in [0.29, 0.717) is 23.5 Å². The van der Waals surface area contributed by atoms with Gasteiger partial charge in [-0.05, 0) is 30.3 Å². The summed E-state index contributed by atoms with van der Waals surface area (Å²) in [6.45, 7) is 7.34. The van der Waals surface area contributed by atoms with Crippen LogP contribution in [0.2, 0.25) is 25.7 Å². The van der Waals surface area contributed by atoms with Crippen LogP contribution in [0.1, 0.15) is 28.4 Å². The van der Waals surface area contributed by atoms with Gasteiger partial charge in [-0.2, -0.15) is 5.10 Å². The van der Waals surface area contributed by atoms with E-state index in [4.69, 9.17) is 10.5 Å². The van der Waals surface area contributed by atoms with Crippen LogP contribution in [0, 0.1) is 11.6 Å². The first-order valence-electron chi connectivity index (χ1n) is 11.1.